The molecule has 2 aromatic rings. The lowest BCUT2D eigenvalue weighted by atomic mass is 9.73. The van der Waals surface area contributed by atoms with E-state index in [1.807, 2.05) is 44.2 Å². The predicted octanol–water partition coefficient (Wildman–Crippen LogP) is 0.158. The molecule has 2 fully saturated rings. The minimum absolute atomic E-state index is 0.0107. The maximum atomic E-state index is 13.4. The number of rotatable bonds is 9. The zero-order chi connectivity index (χ0) is 29.7. The van der Waals surface area contributed by atoms with Crippen molar-refractivity contribution in [1.82, 2.24) is 25.8 Å². The van der Waals surface area contributed by atoms with Gasteiger partial charge in [-0.3, -0.25) is 24.1 Å². The number of pyridine rings is 1. The second-order valence-electron chi connectivity index (χ2n) is 10.8. The van der Waals surface area contributed by atoms with Gasteiger partial charge in [0.15, 0.2) is 0 Å². The molecule has 218 valence electrons. The zero-order valence-electron chi connectivity index (χ0n) is 23.6. The fraction of sp³-hybridized carbons (Fsp3) is 0.464. The lowest BCUT2D eigenvalue weighted by molar-refractivity contribution is -0.156. The first-order valence-corrected chi connectivity index (χ1v) is 13.7. The lowest BCUT2D eigenvalue weighted by Gasteiger charge is -2.40. The number of likely N-dealkylation sites (N-methyl/N-ethyl adjacent to an activating group) is 1. The molecule has 12 nitrogen and oxygen atoms in total. The lowest BCUT2D eigenvalue weighted by Crippen LogP contribution is -2.66. The molecule has 3 unspecified atom stereocenters. The molecular formula is C28H36BN5O7. The van der Waals surface area contributed by atoms with Crippen molar-refractivity contribution >= 4 is 30.9 Å². The molecule has 4 N–H and O–H groups in total. The van der Waals surface area contributed by atoms with E-state index < -0.39 is 61.0 Å². The minimum atomic E-state index is -1.38. The number of aromatic nitrogens is 1. The van der Waals surface area contributed by atoms with E-state index in [1.165, 1.54) is 13.0 Å². The van der Waals surface area contributed by atoms with Crippen molar-refractivity contribution in [2.75, 3.05) is 20.1 Å². The first-order chi connectivity index (χ1) is 19.5. The summed E-state index contributed by atoms with van der Waals surface area (Å²) in [7, 11) is 0.278. The molecule has 0 saturated carbocycles. The van der Waals surface area contributed by atoms with E-state index in [-0.39, 0.29) is 11.6 Å². The Hall–Kier alpha value is -3.81. The molecule has 1 aromatic heterocycles. The van der Waals surface area contributed by atoms with Gasteiger partial charge in [-0.25, -0.2) is 4.98 Å². The van der Waals surface area contributed by atoms with E-state index in [0.29, 0.717) is 25.2 Å². The molecule has 2 aliphatic rings. The second kappa shape index (κ2) is 13.2. The van der Waals surface area contributed by atoms with E-state index in [0.717, 1.165) is 5.56 Å². The average Bonchev–Trinajstić information content (AvgIpc) is 2.94. The standard InChI is InChI=1S/C28H36BN5O7/c1-16(2)13-23(29-40-27(38)21-14-30-15-22(34(21)4)28(39)41-29)32-26(37)24(17(3)35)33-25(36)20-12-8-11-19(31-20)18-9-6-5-7-10-18/h5-12,16-17,21-24,30,35H,13-15H2,1-4H3,(H,32,37)(H,33,36)/t17?,21-,22+,23?,24?. The third kappa shape index (κ3) is 7.29. The summed E-state index contributed by atoms with van der Waals surface area (Å²) in [4.78, 5) is 58.5. The van der Waals surface area contributed by atoms with Gasteiger partial charge in [-0.05, 0) is 38.4 Å². The van der Waals surface area contributed by atoms with Crippen LogP contribution in [0.3, 0.4) is 0 Å². The Morgan fingerprint density at radius 1 is 1.02 bits per heavy atom. The molecule has 0 aliphatic carbocycles. The summed E-state index contributed by atoms with van der Waals surface area (Å²) in [5.74, 6) is -3.48. The number of carbonyl (C=O) groups is 4. The molecule has 2 amide bonds. The summed E-state index contributed by atoms with van der Waals surface area (Å²) in [6, 6.07) is 11.5. The van der Waals surface area contributed by atoms with Crippen LogP contribution in [-0.4, -0.2) is 96.2 Å². The monoisotopic (exact) mass is 565 g/mol. The van der Waals surface area contributed by atoms with Crippen LogP contribution in [0.2, 0.25) is 0 Å². The Bertz CT molecular complexity index is 1240. The number of nitrogens with one attached hydrogen (secondary N) is 3. The van der Waals surface area contributed by atoms with Crippen molar-refractivity contribution in [3.8, 4) is 11.3 Å². The highest BCUT2D eigenvalue weighted by atomic mass is 16.6. The maximum absolute atomic E-state index is 13.4. The largest absolute Gasteiger partial charge is 0.622 e. The number of piperazine rings is 1. The van der Waals surface area contributed by atoms with Crippen LogP contribution in [0.4, 0.5) is 0 Å². The highest BCUT2D eigenvalue weighted by Gasteiger charge is 2.48. The van der Waals surface area contributed by atoms with Gasteiger partial charge in [0.1, 0.15) is 23.8 Å². The Morgan fingerprint density at radius 3 is 2.24 bits per heavy atom. The number of benzene rings is 1. The molecule has 1 aromatic carbocycles. The van der Waals surface area contributed by atoms with Crippen LogP contribution in [0.25, 0.3) is 11.3 Å². The molecule has 4 rings (SSSR count). The van der Waals surface area contributed by atoms with E-state index in [9.17, 15) is 24.3 Å². The van der Waals surface area contributed by atoms with Crippen LogP contribution in [0, 0.1) is 5.92 Å². The van der Waals surface area contributed by atoms with Crippen LogP contribution >= 0.6 is 0 Å². The number of hydrogen-bond donors (Lipinski definition) is 4. The van der Waals surface area contributed by atoms with Crippen LogP contribution < -0.4 is 16.0 Å². The smallest absolute Gasteiger partial charge is 0.497 e. The number of fused-ring (bicyclic) bond motifs is 2. The first-order valence-electron chi connectivity index (χ1n) is 13.7. The van der Waals surface area contributed by atoms with Gasteiger partial charge in [-0.2, -0.15) is 0 Å². The number of aliphatic hydroxyl groups excluding tert-OH is 1. The van der Waals surface area contributed by atoms with Gasteiger partial charge < -0.3 is 30.4 Å². The van der Waals surface area contributed by atoms with Crippen molar-refractivity contribution in [3.05, 3.63) is 54.2 Å². The zero-order valence-corrected chi connectivity index (χ0v) is 23.6. The first kappa shape index (κ1) is 30.2. The van der Waals surface area contributed by atoms with Crippen LogP contribution in [0.5, 0.6) is 0 Å². The summed E-state index contributed by atoms with van der Waals surface area (Å²) in [6.07, 6.45) is -0.987. The highest BCUT2D eigenvalue weighted by molar-refractivity contribution is 6.51. The number of carbonyl (C=O) groups excluding carboxylic acids is 4. The molecule has 0 radical (unpaired) electrons. The number of nitrogens with zero attached hydrogens (tertiary/aromatic N) is 2. The Morgan fingerprint density at radius 2 is 1.66 bits per heavy atom. The molecule has 3 heterocycles. The van der Waals surface area contributed by atoms with Crippen LogP contribution in [0.1, 0.15) is 37.7 Å². The average molecular weight is 565 g/mol. The fourth-order valence-corrected chi connectivity index (χ4v) is 4.91. The number of hydrogen-bond acceptors (Lipinski definition) is 10. The van der Waals surface area contributed by atoms with E-state index in [1.54, 1.807) is 24.1 Å². The minimum Gasteiger partial charge on any atom is -0.497 e. The van der Waals surface area contributed by atoms with Gasteiger partial charge >= 0.3 is 19.1 Å². The quantitative estimate of drug-likeness (QED) is 0.309. The molecule has 2 bridgehead atoms. The fourth-order valence-electron chi connectivity index (χ4n) is 4.91. The summed E-state index contributed by atoms with van der Waals surface area (Å²) < 4.78 is 11.2. The second-order valence-corrected chi connectivity index (χ2v) is 10.8. The molecule has 2 saturated heterocycles. The van der Waals surface area contributed by atoms with Gasteiger partial charge in [0.25, 0.3) is 5.91 Å². The van der Waals surface area contributed by atoms with E-state index in [4.69, 9.17) is 9.31 Å². The van der Waals surface area contributed by atoms with Crippen molar-refractivity contribution in [1.29, 1.82) is 0 Å². The Labute approximate surface area is 239 Å². The van der Waals surface area contributed by atoms with Crippen molar-refractivity contribution in [2.45, 2.75) is 57.4 Å². The number of amides is 2. The van der Waals surface area contributed by atoms with Gasteiger partial charge in [-0.15, -0.1) is 0 Å². The maximum Gasteiger partial charge on any atom is 0.622 e. The Balaban J connectivity index is 1.51. The van der Waals surface area contributed by atoms with Gasteiger partial charge in [-0.1, -0.05) is 50.2 Å². The topological polar surface area (TPSA) is 159 Å². The van der Waals surface area contributed by atoms with E-state index >= 15 is 0 Å². The molecular weight excluding hydrogens is 529 g/mol. The summed E-state index contributed by atoms with van der Waals surface area (Å²) in [6.45, 7) is 5.79. The molecule has 2 aliphatic heterocycles. The van der Waals surface area contributed by atoms with Crippen molar-refractivity contribution in [2.24, 2.45) is 5.92 Å². The van der Waals surface area contributed by atoms with E-state index in [2.05, 4.69) is 20.9 Å². The van der Waals surface area contributed by atoms with Gasteiger partial charge in [0.05, 0.1) is 17.7 Å². The SMILES string of the molecule is CC(C)CC(NC(=O)C(NC(=O)c1cccc(-c2ccccc2)n1)C(C)O)B1OC(=O)[C@H]2CNC[C@@H](C(=O)O1)N2C. The predicted molar refractivity (Wildman–Crippen MR) is 150 cm³/mol. The molecule has 13 heteroatoms. The van der Waals surface area contributed by atoms with Crippen LogP contribution in [0.15, 0.2) is 48.5 Å². The molecule has 5 atom stereocenters. The summed E-state index contributed by atoms with van der Waals surface area (Å²) in [5.41, 5.74) is 1.46. The highest BCUT2D eigenvalue weighted by Crippen LogP contribution is 2.20. The van der Waals surface area contributed by atoms with Gasteiger partial charge in [0, 0.05) is 18.7 Å². The van der Waals surface area contributed by atoms with Crippen molar-refractivity contribution < 1.29 is 33.6 Å². The molecule has 41 heavy (non-hydrogen) atoms. The van der Waals surface area contributed by atoms with Gasteiger partial charge in [0.2, 0.25) is 5.91 Å². The Kier molecular flexibility index (Phi) is 9.74. The number of aliphatic hydroxyl groups is 1. The summed E-state index contributed by atoms with van der Waals surface area (Å²) in [5, 5.41) is 18.8. The third-order valence-electron chi connectivity index (χ3n) is 7.15. The summed E-state index contributed by atoms with van der Waals surface area (Å²) >= 11 is 0. The molecule has 0 spiro atoms. The van der Waals surface area contributed by atoms with Crippen molar-refractivity contribution in [3.63, 3.8) is 0 Å². The third-order valence-corrected chi connectivity index (χ3v) is 7.15. The normalized spacial score (nSPS) is 21.6. The van der Waals surface area contributed by atoms with Crippen LogP contribution in [-0.2, 0) is 23.7 Å².